The van der Waals surface area contributed by atoms with E-state index in [0.717, 1.165) is 38.8 Å². The molecule has 0 aliphatic carbocycles. The molecule has 0 saturated carbocycles. The van der Waals surface area contributed by atoms with Gasteiger partial charge in [-0.05, 0) is 12.8 Å². The zero-order valence-corrected chi connectivity index (χ0v) is 29.0. The second-order valence-electron chi connectivity index (χ2n) is 12.5. The number of hydrogen-bond donors (Lipinski definition) is 0. The number of nitrogens with zero attached hydrogens (tertiary/aromatic N) is 2. The van der Waals surface area contributed by atoms with Gasteiger partial charge in [0.25, 0.3) is 0 Å². The van der Waals surface area contributed by atoms with Gasteiger partial charge < -0.3 is 28.7 Å². The van der Waals surface area contributed by atoms with Gasteiger partial charge in [-0.15, -0.1) is 0 Å². The van der Waals surface area contributed by atoms with Crippen LogP contribution in [0.4, 0.5) is 0 Å². The van der Waals surface area contributed by atoms with Crippen LogP contribution in [0.25, 0.3) is 0 Å². The first-order chi connectivity index (χ1) is 21.7. The highest BCUT2D eigenvalue weighted by Crippen LogP contribution is 2.12. The molecule has 8 heteroatoms. The second-order valence-corrected chi connectivity index (χ2v) is 12.5. The number of unbranched alkanes of at least 4 members (excludes halogenated alkanes) is 18. The fourth-order valence-corrected chi connectivity index (χ4v) is 5.59. The van der Waals surface area contributed by atoms with Crippen molar-refractivity contribution < 1.29 is 28.5 Å². The summed E-state index contributed by atoms with van der Waals surface area (Å²) in [6, 6.07) is 0. The third-order valence-electron chi connectivity index (χ3n) is 8.47. The van der Waals surface area contributed by atoms with E-state index in [1.807, 2.05) is 9.80 Å². The lowest BCUT2D eigenvalue weighted by Gasteiger charge is -2.24. The minimum absolute atomic E-state index is 0.0133. The highest BCUT2D eigenvalue weighted by Gasteiger charge is 2.15. The summed E-state index contributed by atoms with van der Waals surface area (Å²) in [7, 11) is 0. The maximum atomic E-state index is 12.8. The molecule has 1 rings (SSSR count). The van der Waals surface area contributed by atoms with Crippen molar-refractivity contribution in [2.75, 3.05) is 79.0 Å². The number of rotatable bonds is 22. The van der Waals surface area contributed by atoms with E-state index in [9.17, 15) is 9.59 Å². The van der Waals surface area contributed by atoms with Crippen molar-refractivity contribution in [3.8, 4) is 0 Å². The highest BCUT2D eigenvalue weighted by atomic mass is 16.5. The molecule has 0 spiro atoms. The molecule has 1 aliphatic heterocycles. The molecule has 0 aromatic heterocycles. The van der Waals surface area contributed by atoms with Crippen molar-refractivity contribution in [2.45, 2.75) is 142 Å². The van der Waals surface area contributed by atoms with Gasteiger partial charge in [0.15, 0.2) is 0 Å². The van der Waals surface area contributed by atoms with Crippen LogP contribution in [0.2, 0.25) is 0 Å². The molecule has 8 nitrogen and oxygen atoms in total. The molecule has 0 aromatic carbocycles. The molecule has 1 fully saturated rings. The third-order valence-corrected chi connectivity index (χ3v) is 8.47. The van der Waals surface area contributed by atoms with Crippen molar-refractivity contribution in [1.82, 2.24) is 9.80 Å². The molecule has 0 radical (unpaired) electrons. The van der Waals surface area contributed by atoms with Gasteiger partial charge in [0, 0.05) is 26.2 Å². The molecule has 0 bridgehead atoms. The van der Waals surface area contributed by atoms with Gasteiger partial charge in [-0.3, -0.25) is 9.59 Å². The molecule has 260 valence electrons. The molecule has 2 amide bonds. The molecule has 1 saturated heterocycles. The SMILES string of the molecule is CCCCCCCCCCCCN1CCOCCOCCN(CCCCCCCCCCCC)C(=O)COCCOCC1=O. The average Bonchev–Trinajstić information content (AvgIpc) is 3.02. The normalized spacial score (nSPS) is 17.1. The number of ether oxygens (including phenoxy) is 4. The van der Waals surface area contributed by atoms with Crippen LogP contribution in [0, 0.1) is 0 Å². The van der Waals surface area contributed by atoms with E-state index in [-0.39, 0.29) is 25.0 Å². The Bertz CT molecular complexity index is 596. The van der Waals surface area contributed by atoms with Crippen molar-refractivity contribution in [1.29, 1.82) is 0 Å². The predicted octanol–water partition coefficient (Wildman–Crippen LogP) is 7.57. The first-order valence-electron chi connectivity index (χ1n) is 18.6. The minimum Gasteiger partial charge on any atom is -0.377 e. The minimum atomic E-state index is -0.0133. The smallest absolute Gasteiger partial charge is 0.248 e. The lowest BCUT2D eigenvalue weighted by molar-refractivity contribution is -0.141. The van der Waals surface area contributed by atoms with Crippen LogP contribution in [0.5, 0.6) is 0 Å². The highest BCUT2D eigenvalue weighted by molar-refractivity contribution is 5.77. The number of hydrogen-bond acceptors (Lipinski definition) is 6. The van der Waals surface area contributed by atoms with Crippen LogP contribution in [-0.2, 0) is 28.5 Å². The Morgan fingerprint density at radius 1 is 0.409 bits per heavy atom. The molecular weight excluding hydrogens is 556 g/mol. The molecule has 0 aromatic rings. The quantitative estimate of drug-likeness (QED) is 0.115. The van der Waals surface area contributed by atoms with Gasteiger partial charge in [0.1, 0.15) is 13.2 Å². The van der Waals surface area contributed by atoms with E-state index < -0.39 is 0 Å². The molecule has 1 heterocycles. The van der Waals surface area contributed by atoms with Gasteiger partial charge in [0.05, 0.1) is 39.6 Å². The zero-order chi connectivity index (χ0) is 31.8. The largest absolute Gasteiger partial charge is 0.377 e. The summed E-state index contributed by atoms with van der Waals surface area (Å²) in [5.41, 5.74) is 0. The lowest BCUT2D eigenvalue weighted by Crippen LogP contribution is -2.39. The van der Waals surface area contributed by atoms with Gasteiger partial charge in [-0.1, -0.05) is 129 Å². The molecular formula is C36H70N2O6. The maximum Gasteiger partial charge on any atom is 0.248 e. The standard InChI is InChI=1S/C36H70N2O6/c1-3-5-7-9-11-13-15-17-19-21-23-37-25-27-41-29-30-42-28-26-38(36(40)34-44-32-31-43-33-35(37)39)24-22-20-18-16-14-12-10-8-6-4-2/h3-34H2,1-2H3. The first kappa shape index (κ1) is 40.8. The summed E-state index contributed by atoms with van der Waals surface area (Å²) in [5.74, 6) is -0.0266. The zero-order valence-electron chi connectivity index (χ0n) is 29.0. The molecule has 0 atom stereocenters. The van der Waals surface area contributed by atoms with E-state index in [1.165, 1.54) is 103 Å². The summed E-state index contributed by atoms with van der Waals surface area (Å²) in [6.07, 6.45) is 25.4. The summed E-state index contributed by atoms with van der Waals surface area (Å²) >= 11 is 0. The van der Waals surface area contributed by atoms with E-state index in [2.05, 4.69) is 13.8 Å². The van der Waals surface area contributed by atoms with Crippen LogP contribution in [0.3, 0.4) is 0 Å². The lowest BCUT2D eigenvalue weighted by atomic mass is 10.1. The topological polar surface area (TPSA) is 77.5 Å². The Morgan fingerprint density at radius 3 is 1.05 bits per heavy atom. The Balaban J connectivity index is 2.30. The van der Waals surface area contributed by atoms with E-state index in [1.54, 1.807) is 0 Å². The van der Waals surface area contributed by atoms with Crippen molar-refractivity contribution in [2.24, 2.45) is 0 Å². The molecule has 0 N–H and O–H groups in total. The third kappa shape index (κ3) is 25.0. The van der Waals surface area contributed by atoms with Gasteiger partial charge in [-0.25, -0.2) is 0 Å². The Labute approximate surface area is 271 Å². The monoisotopic (exact) mass is 627 g/mol. The summed E-state index contributed by atoms with van der Waals surface area (Å²) < 4.78 is 22.8. The summed E-state index contributed by atoms with van der Waals surface area (Å²) in [4.78, 5) is 29.4. The Hall–Kier alpha value is -1.22. The predicted molar refractivity (Wildman–Crippen MR) is 180 cm³/mol. The summed E-state index contributed by atoms with van der Waals surface area (Å²) in [6.45, 7) is 9.70. The molecule has 0 unspecified atom stereocenters. The Morgan fingerprint density at radius 2 is 0.705 bits per heavy atom. The van der Waals surface area contributed by atoms with Crippen molar-refractivity contribution in [3.05, 3.63) is 0 Å². The number of carbonyl (C=O) groups is 2. The average molecular weight is 627 g/mol. The molecule has 1 aliphatic rings. The van der Waals surface area contributed by atoms with E-state index in [4.69, 9.17) is 18.9 Å². The fraction of sp³-hybridized carbons (Fsp3) is 0.944. The second kappa shape index (κ2) is 31.7. The van der Waals surface area contributed by atoms with Gasteiger partial charge in [-0.2, -0.15) is 0 Å². The van der Waals surface area contributed by atoms with Gasteiger partial charge in [0.2, 0.25) is 11.8 Å². The van der Waals surface area contributed by atoms with Crippen LogP contribution in [0.15, 0.2) is 0 Å². The van der Waals surface area contributed by atoms with E-state index in [0.29, 0.717) is 52.7 Å². The van der Waals surface area contributed by atoms with Crippen LogP contribution in [-0.4, -0.2) is 101 Å². The molecule has 44 heavy (non-hydrogen) atoms. The Kier molecular flexibility index (Phi) is 29.4. The number of carbonyl (C=O) groups excluding carboxylic acids is 2. The van der Waals surface area contributed by atoms with Crippen LogP contribution in [0.1, 0.15) is 142 Å². The fourth-order valence-electron chi connectivity index (χ4n) is 5.59. The van der Waals surface area contributed by atoms with Crippen LogP contribution >= 0.6 is 0 Å². The maximum absolute atomic E-state index is 12.8. The van der Waals surface area contributed by atoms with Gasteiger partial charge >= 0.3 is 0 Å². The summed E-state index contributed by atoms with van der Waals surface area (Å²) in [5, 5.41) is 0. The van der Waals surface area contributed by atoms with Crippen molar-refractivity contribution >= 4 is 11.8 Å². The first-order valence-corrected chi connectivity index (χ1v) is 18.6. The number of amides is 2. The van der Waals surface area contributed by atoms with Crippen molar-refractivity contribution in [3.63, 3.8) is 0 Å². The van der Waals surface area contributed by atoms with E-state index >= 15 is 0 Å². The van der Waals surface area contributed by atoms with Crippen LogP contribution < -0.4 is 0 Å².